The molecule has 0 radical (unpaired) electrons. The summed E-state index contributed by atoms with van der Waals surface area (Å²) < 4.78 is 36.7. The van der Waals surface area contributed by atoms with E-state index in [0.29, 0.717) is 28.9 Å². The Bertz CT molecular complexity index is 704. The maximum Gasteiger partial charge on any atom is 0.490 e. The van der Waals surface area contributed by atoms with Gasteiger partial charge in [-0.05, 0) is 6.42 Å². The van der Waals surface area contributed by atoms with Crippen LogP contribution in [0.1, 0.15) is 26.2 Å². The number of halogens is 3. The van der Waals surface area contributed by atoms with E-state index in [-0.39, 0.29) is 0 Å². The molecule has 0 aromatic carbocycles. The number of rotatable bonds is 6. The van der Waals surface area contributed by atoms with E-state index in [4.69, 9.17) is 20.4 Å². The molecule has 0 saturated heterocycles. The van der Waals surface area contributed by atoms with Crippen molar-refractivity contribution < 1.29 is 27.8 Å². The fourth-order valence-corrected chi connectivity index (χ4v) is 1.65. The van der Waals surface area contributed by atoms with E-state index in [1.54, 1.807) is 0 Å². The fourth-order valence-electron chi connectivity index (χ4n) is 1.65. The minimum atomic E-state index is -5.08. The quantitative estimate of drug-likeness (QED) is 0.572. The summed E-state index contributed by atoms with van der Waals surface area (Å²) in [5.41, 5.74) is 6.94. The molecule has 0 aliphatic heterocycles. The molecule has 2 heterocycles. The van der Waals surface area contributed by atoms with E-state index >= 15 is 0 Å². The lowest BCUT2D eigenvalue weighted by Gasteiger charge is -2.04. The van der Waals surface area contributed by atoms with Crippen molar-refractivity contribution in [3.63, 3.8) is 0 Å². The molecule has 0 unspecified atom stereocenters. The first-order chi connectivity index (χ1) is 11.7. The summed E-state index contributed by atoms with van der Waals surface area (Å²) in [5.74, 6) is -1.90. The molecule has 5 N–H and O–H groups in total. The lowest BCUT2D eigenvalue weighted by Crippen LogP contribution is -2.21. The van der Waals surface area contributed by atoms with Crippen molar-refractivity contribution in [3.8, 4) is 6.01 Å². The summed E-state index contributed by atoms with van der Waals surface area (Å²) in [6.07, 6.45) is -1.63. The Kier molecular flexibility index (Phi) is 7.21. The fraction of sp³-hybridized carbons (Fsp3) is 0.538. The largest absolute Gasteiger partial charge is 0.490 e. The molecular weight excluding hydrogens is 345 g/mol. The van der Waals surface area contributed by atoms with E-state index in [1.807, 2.05) is 0 Å². The average molecular weight is 364 g/mol. The first kappa shape index (κ1) is 20.3. The van der Waals surface area contributed by atoms with Gasteiger partial charge in [0.05, 0.1) is 7.11 Å². The molecule has 0 saturated carbocycles. The van der Waals surface area contributed by atoms with Crippen LogP contribution >= 0.6 is 0 Å². The molecule has 140 valence electrons. The third-order valence-corrected chi connectivity index (χ3v) is 2.85. The molecule has 2 aromatic heterocycles. The van der Waals surface area contributed by atoms with Crippen molar-refractivity contribution in [3.05, 3.63) is 0 Å². The molecule has 0 aliphatic rings. The zero-order chi connectivity index (χ0) is 19.0. The van der Waals surface area contributed by atoms with Gasteiger partial charge < -0.3 is 20.9 Å². The number of ether oxygens (including phenoxy) is 1. The molecule has 0 bridgehead atoms. The molecule has 2 aromatic rings. The number of carboxylic acid groups (broad SMARTS) is 1. The standard InChI is InChI=1S/C11H18N6O.C2HF3O2/c1-3-4-5-6-13-10-15-8(12)7-9(16-10)17-11(14-7)18-2;3-2(4,5)1(6)7/h3-6H2,1-2H3,(H4,12,13,14,15,16,17);(H,6,7). The maximum atomic E-state index is 10.6. The van der Waals surface area contributed by atoms with Gasteiger partial charge in [-0.2, -0.15) is 28.1 Å². The summed E-state index contributed by atoms with van der Waals surface area (Å²) in [5, 5.41) is 10.3. The molecule has 0 fully saturated rings. The number of fused-ring (bicyclic) bond motifs is 1. The normalized spacial score (nSPS) is 10.9. The van der Waals surface area contributed by atoms with Crippen LogP contribution < -0.4 is 15.8 Å². The number of aliphatic carboxylic acids is 1. The first-order valence-electron chi connectivity index (χ1n) is 7.30. The van der Waals surface area contributed by atoms with Gasteiger partial charge in [0.2, 0.25) is 5.95 Å². The van der Waals surface area contributed by atoms with Crippen LogP contribution in [0.4, 0.5) is 24.9 Å². The minimum absolute atomic E-state index is 0.345. The van der Waals surface area contributed by atoms with Gasteiger partial charge in [-0.15, -0.1) is 0 Å². The van der Waals surface area contributed by atoms with E-state index in [2.05, 4.69) is 32.2 Å². The van der Waals surface area contributed by atoms with Crippen molar-refractivity contribution in [2.45, 2.75) is 32.4 Å². The third-order valence-electron chi connectivity index (χ3n) is 2.85. The minimum Gasteiger partial charge on any atom is -0.475 e. The van der Waals surface area contributed by atoms with Crippen LogP contribution in [0.5, 0.6) is 6.01 Å². The number of nitrogen functional groups attached to an aromatic ring is 1. The third kappa shape index (κ3) is 6.31. The molecule has 12 heteroatoms. The molecule has 0 aliphatic carbocycles. The zero-order valence-electron chi connectivity index (χ0n) is 13.6. The summed E-state index contributed by atoms with van der Waals surface area (Å²) in [6.45, 7) is 3.00. The van der Waals surface area contributed by atoms with Gasteiger partial charge >= 0.3 is 12.1 Å². The van der Waals surface area contributed by atoms with E-state index in [1.165, 1.54) is 20.0 Å². The SMILES string of the molecule is CCCCCNc1nc(N)c2nc(OC)[nH]c2n1.O=C(O)C(F)(F)F. The van der Waals surface area contributed by atoms with Crippen molar-refractivity contribution in [2.75, 3.05) is 24.7 Å². The molecule has 0 atom stereocenters. The van der Waals surface area contributed by atoms with Crippen molar-refractivity contribution in [2.24, 2.45) is 0 Å². The van der Waals surface area contributed by atoms with Gasteiger partial charge in [0.15, 0.2) is 17.0 Å². The number of H-pyrrole nitrogens is 1. The van der Waals surface area contributed by atoms with Crippen molar-refractivity contribution in [1.82, 2.24) is 19.9 Å². The van der Waals surface area contributed by atoms with Crippen LogP contribution in [0.15, 0.2) is 0 Å². The zero-order valence-corrected chi connectivity index (χ0v) is 13.6. The number of nitrogens with two attached hydrogens (primary N) is 1. The van der Waals surface area contributed by atoms with Crippen molar-refractivity contribution in [1.29, 1.82) is 0 Å². The number of carbonyl (C=O) groups is 1. The number of methoxy groups -OCH3 is 1. The van der Waals surface area contributed by atoms with Crippen LogP contribution in [0.25, 0.3) is 11.2 Å². The predicted octanol–water partition coefficient (Wildman–Crippen LogP) is 2.18. The number of carboxylic acids is 1. The highest BCUT2D eigenvalue weighted by molar-refractivity contribution is 5.83. The molecular formula is C13H19F3N6O3. The summed E-state index contributed by atoms with van der Waals surface area (Å²) in [7, 11) is 1.53. The second-order valence-corrected chi connectivity index (χ2v) is 4.81. The summed E-state index contributed by atoms with van der Waals surface area (Å²) in [6, 6.07) is 0.383. The monoisotopic (exact) mass is 364 g/mol. The lowest BCUT2D eigenvalue weighted by molar-refractivity contribution is -0.192. The first-order valence-corrected chi connectivity index (χ1v) is 7.30. The summed E-state index contributed by atoms with van der Waals surface area (Å²) in [4.78, 5) is 24.4. The molecule has 9 nitrogen and oxygen atoms in total. The molecule has 25 heavy (non-hydrogen) atoms. The number of hydrogen-bond donors (Lipinski definition) is 4. The van der Waals surface area contributed by atoms with Gasteiger partial charge in [-0.25, -0.2) is 4.79 Å². The Morgan fingerprint density at radius 3 is 2.48 bits per heavy atom. The Morgan fingerprint density at radius 1 is 1.32 bits per heavy atom. The number of anilines is 2. The number of imidazole rings is 1. The number of alkyl halides is 3. The topological polar surface area (TPSA) is 139 Å². The van der Waals surface area contributed by atoms with Crippen LogP contribution in [-0.4, -0.2) is 50.8 Å². The lowest BCUT2D eigenvalue weighted by atomic mass is 10.2. The number of aromatic nitrogens is 4. The van der Waals surface area contributed by atoms with Gasteiger partial charge in [-0.3, -0.25) is 4.98 Å². The van der Waals surface area contributed by atoms with E-state index in [0.717, 1.165) is 13.0 Å². The second-order valence-electron chi connectivity index (χ2n) is 4.81. The van der Waals surface area contributed by atoms with Gasteiger partial charge in [0.1, 0.15) is 0 Å². The number of nitrogens with one attached hydrogen (secondary N) is 2. The number of hydrogen-bond acceptors (Lipinski definition) is 7. The van der Waals surface area contributed by atoms with Crippen molar-refractivity contribution >= 4 is 28.9 Å². The maximum absolute atomic E-state index is 10.6. The second kappa shape index (κ2) is 8.89. The smallest absolute Gasteiger partial charge is 0.475 e. The Labute approximate surface area is 140 Å². The van der Waals surface area contributed by atoms with E-state index < -0.39 is 12.1 Å². The Morgan fingerprint density at radius 2 is 1.96 bits per heavy atom. The van der Waals surface area contributed by atoms with Gasteiger partial charge in [0.25, 0.3) is 6.01 Å². The van der Waals surface area contributed by atoms with Crippen LogP contribution in [0, 0.1) is 0 Å². The number of nitrogens with zero attached hydrogens (tertiary/aromatic N) is 3. The van der Waals surface area contributed by atoms with E-state index in [9.17, 15) is 13.2 Å². The highest BCUT2D eigenvalue weighted by Crippen LogP contribution is 2.20. The predicted molar refractivity (Wildman–Crippen MR) is 84.4 cm³/mol. The van der Waals surface area contributed by atoms with Crippen LogP contribution in [0.3, 0.4) is 0 Å². The highest BCUT2D eigenvalue weighted by atomic mass is 19.4. The number of aromatic amines is 1. The molecule has 0 spiro atoms. The molecule has 0 amide bonds. The van der Waals surface area contributed by atoms with Crippen LogP contribution in [0.2, 0.25) is 0 Å². The van der Waals surface area contributed by atoms with Gasteiger partial charge in [0, 0.05) is 6.54 Å². The Balaban J connectivity index is 0.000000381. The Hall–Kier alpha value is -2.79. The number of unbranched alkanes of at least 4 members (excludes halogenated alkanes) is 2. The molecule has 2 rings (SSSR count). The van der Waals surface area contributed by atoms with Crippen LogP contribution in [-0.2, 0) is 4.79 Å². The highest BCUT2D eigenvalue weighted by Gasteiger charge is 2.38. The average Bonchev–Trinajstić information content (AvgIpc) is 2.95. The summed E-state index contributed by atoms with van der Waals surface area (Å²) >= 11 is 0. The van der Waals surface area contributed by atoms with Gasteiger partial charge in [-0.1, -0.05) is 19.8 Å².